The van der Waals surface area contributed by atoms with Crippen molar-refractivity contribution in [1.29, 1.82) is 0 Å². The number of nitrogens with zero attached hydrogens (tertiary/aromatic N) is 2. The predicted molar refractivity (Wildman–Crippen MR) is 119 cm³/mol. The van der Waals surface area contributed by atoms with Gasteiger partial charge in [0.1, 0.15) is 12.4 Å². The molecule has 30 heavy (non-hydrogen) atoms. The second-order valence-electron chi connectivity index (χ2n) is 6.32. The first kappa shape index (κ1) is 21.6. The van der Waals surface area contributed by atoms with Crippen LogP contribution in [0.1, 0.15) is 13.3 Å². The van der Waals surface area contributed by atoms with Gasteiger partial charge in [-0.2, -0.15) is 0 Å². The fourth-order valence-corrected chi connectivity index (χ4v) is 3.53. The first-order valence-electron chi connectivity index (χ1n) is 9.89. The van der Waals surface area contributed by atoms with Gasteiger partial charge >= 0.3 is 0 Å². The molecule has 1 aromatic heterocycles. The van der Waals surface area contributed by atoms with Gasteiger partial charge in [-0.05, 0) is 49.4 Å². The van der Waals surface area contributed by atoms with Crippen molar-refractivity contribution in [3.05, 3.63) is 66.7 Å². The quantitative estimate of drug-likeness (QED) is 0.368. The first-order valence-corrected chi connectivity index (χ1v) is 10.9. The van der Waals surface area contributed by atoms with Crippen LogP contribution in [0.2, 0.25) is 0 Å². The highest BCUT2D eigenvalue weighted by Gasteiger charge is 2.04. The van der Waals surface area contributed by atoms with Gasteiger partial charge in [0, 0.05) is 28.7 Å². The summed E-state index contributed by atoms with van der Waals surface area (Å²) in [7, 11) is 0. The Kier molecular flexibility index (Phi) is 8.53. The Labute approximate surface area is 181 Å². The van der Waals surface area contributed by atoms with Gasteiger partial charge in [0.25, 0.3) is 0 Å². The van der Waals surface area contributed by atoms with Crippen LogP contribution in [0.4, 0.5) is 0 Å². The van der Waals surface area contributed by atoms with Gasteiger partial charge in [0.2, 0.25) is 11.8 Å². The lowest BCUT2D eigenvalue weighted by Gasteiger charge is -2.08. The Balaban J connectivity index is 1.34. The van der Waals surface area contributed by atoms with E-state index < -0.39 is 0 Å². The highest BCUT2D eigenvalue weighted by Crippen LogP contribution is 2.21. The Morgan fingerprint density at radius 1 is 0.967 bits per heavy atom. The summed E-state index contributed by atoms with van der Waals surface area (Å²) in [5, 5.41) is 11.2. The molecule has 1 amide bonds. The average Bonchev–Trinajstić information content (AvgIpc) is 2.79. The molecule has 1 N–H and O–H groups in total. The maximum atomic E-state index is 11.9. The normalized spacial score (nSPS) is 10.4. The summed E-state index contributed by atoms with van der Waals surface area (Å²) in [6, 6.07) is 21.4. The third-order valence-electron chi connectivity index (χ3n) is 4.12. The summed E-state index contributed by atoms with van der Waals surface area (Å²) >= 11 is 1.67. The van der Waals surface area contributed by atoms with Gasteiger partial charge in [-0.15, -0.1) is 22.0 Å². The molecule has 7 heteroatoms. The van der Waals surface area contributed by atoms with Crippen LogP contribution in [-0.4, -0.2) is 41.6 Å². The average molecular weight is 424 g/mol. The Bertz CT molecular complexity index is 903. The van der Waals surface area contributed by atoms with Crippen molar-refractivity contribution >= 4 is 17.7 Å². The van der Waals surface area contributed by atoms with Crippen molar-refractivity contribution in [3.8, 4) is 22.9 Å². The van der Waals surface area contributed by atoms with E-state index in [0.717, 1.165) is 22.8 Å². The number of carbonyl (C=O) groups excluding carboxylic acids is 1. The third-order valence-corrected chi connectivity index (χ3v) is 5.13. The summed E-state index contributed by atoms with van der Waals surface area (Å²) in [5.74, 6) is 2.02. The Hall–Kier alpha value is -3.06. The summed E-state index contributed by atoms with van der Waals surface area (Å²) in [4.78, 5) is 13.1. The van der Waals surface area contributed by atoms with E-state index in [1.807, 2.05) is 67.6 Å². The van der Waals surface area contributed by atoms with E-state index in [1.165, 1.54) is 4.90 Å². The minimum absolute atomic E-state index is 0.0129. The molecule has 156 valence electrons. The van der Waals surface area contributed by atoms with Crippen LogP contribution in [0, 0.1) is 0 Å². The highest BCUT2D eigenvalue weighted by atomic mass is 32.2. The molecule has 0 saturated heterocycles. The number of amides is 1. The lowest BCUT2D eigenvalue weighted by Crippen LogP contribution is -2.28. The zero-order chi connectivity index (χ0) is 21.0. The van der Waals surface area contributed by atoms with Gasteiger partial charge in [-0.1, -0.05) is 18.2 Å². The Morgan fingerprint density at radius 3 is 2.47 bits per heavy atom. The number of hydrogen-bond acceptors (Lipinski definition) is 6. The van der Waals surface area contributed by atoms with E-state index in [9.17, 15) is 4.79 Å². The summed E-state index contributed by atoms with van der Waals surface area (Å²) in [5.41, 5.74) is 1.72. The van der Waals surface area contributed by atoms with Crippen molar-refractivity contribution in [3.63, 3.8) is 0 Å². The van der Waals surface area contributed by atoms with Gasteiger partial charge < -0.3 is 14.8 Å². The van der Waals surface area contributed by atoms with Crippen molar-refractivity contribution < 1.29 is 14.3 Å². The zero-order valence-electron chi connectivity index (χ0n) is 16.9. The van der Waals surface area contributed by atoms with E-state index in [1.54, 1.807) is 17.8 Å². The molecule has 0 radical (unpaired) electrons. The molecule has 0 bridgehead atoms. The van der Waals surface area contributed by atoms with E-state index in [0.29, 0.717) is 32.1 Å². The molecule has 0 atom stereocenters. The van der Waals surface area contributed by atoms with Gasteiger partial charge in [0.15, 0.2) is 0 Å². The van der Waals surface area contributed by atoms with Gasteiger partial charge in [-0.3, -0.25) is 4.79 Å². The molecule has 0 aliphatic rings. The van der Waals surface area contributed by atoms with Crippen LogP contribution < -0.4 is 14.8 Å². The van der Waals surface area contributed by atoms with Gasteiger partial charge in [-0.25, -0.2) is 0 Å². The number of nitrogens with one attached hydrogen (secondary N) is 1. The number of carbonyl (C=O) groups is 1. The van der Waals surface area contributed by atoms with Crippen molar-refractivity contribution in [2.75, 3.05) is 25.5 Å². The van der Waals surface area contributed by atoms with Crippen LogP contribution in [-0.2, 0) is 4.79 Å². The smallest absolute Gasteiger partial charge is 0.233 e. The predicted octanol–water partition coefficient (Wildman–Crippen LogP) is 4.22. The standard InChI is InChI=1S/C23H25N3O3S/c1-2-28-19-10-8-18(9-11-19)21-12-13-23(26-25-21)29-16-15-24-22(27)14-17-30-20-6-4-3-5-7-20/h3-13H,2,14-17H2,1H3,(H,24,27). The molecule has 0 spiro atoms. The third kappa shape index (κ3) is 7.08. The second kappa shape index (κ2) is 11.8. The van der Waals surface area contributed by atoms with E-state index in [2.05, 4.69) is 15.5 Å². The zero-order valence-corrected chi connectivity index (χ0v) is 17.7. The van der Waals surface area contributed by atoms with Crippen molar-refractivity contribution in [1.82, 2.24) is 15.5 Å². The van der Waals surface area contributed by atoms with Crippen LogP contribution in [0.3, 0.4) is 0 Å². The number of hydrogen-bond donors (Lipinski definition) is 1. The summed E-state index contributed by atoms with van der Waals surface area (Å²) in [6.07, 6.45) is 0.468. The van der Waals surface area contributed by atoms with Crippen molar-refractivity contribution in [2.45, 2.75) is 18.2 Å². The largest absolute Gasteiger partial charge is 0.494 e. The number of ether oxygens (including phenoxy) is 2. The number of benzene rings is 2. The number of rotatable bonds is 11. The topological polar surface area (TPSA) is 73.3 Å². The molecule has 0 aliphatic carbocycles. The van der Waals surface area contributed by atoms with Crippen molar-refractivity contribution in [2.24, 2.45) is 0 Å². The second-order valence-corrected chi connectivity index (χ2v) is 7.49. The number of aromatic nitrogens is 2. The SMILES string of the molecule is CCOc1ccc(-c2ccc(OCCNC(=O)CCSc3ccccc3)nn2)cc1. The molecule has 0 aliphatic heterocycles. The monoisotopic (exact) mass is 423 g/mol. The first-order chi connectivity index (χ1) is 14.7. The molecule has 2 aromatic carbocycles. The molecule has 1 heterocycles. The molecular weight excluding hydrogens is 398 g/mol. The fraction of sp³-hybridized carbons (Fsp3) is 0.261. The highest BCUT2D eigenvalue weighted by molar-refractivity contribution is 7.99. The van der Waals surface area contributed by atoms with Gasteiger partial charge in [0.05, 0.1) is 18.8 Å². The number of thioether (sulfide) groups is 1. The lowest BCUT2D eigenvalue weighted by molar-refractivity contribution is -0.120. The molecule has 6 nitrogen and oxygen atoms in total. The summed E-state index contributed by atoms with van der Waals surface area (Å²) in [6.45, 7) is 3.36. The maximum absolute atomic E-state index is 11.9. The Morgan fingerprint density at radius 2 is 1.77 bits per heavy atom. The van der Waals surface area contributed by atoms with E-state index in [4.69, 9.17) is 9.47 Å². The van der Waals surface area contributed by atoms with Crippen LogP contribution >= 0.6 is 11.8 Å². The van der Waals surface area contributed by atoms with Crippen LogP contribution in [0.25, 0.3) is 11.3 Å². The molecule has 0 unspecified atom stereocenters. The lowest BCUT2D eigenvalue weighted by atomic mass is 10.1. The molecule has 0 saturated carbocycles. The van der Waals surface area contributed by atoms with E-state index in [-0.39, 0.29) is 5.91 Å². The van der Waals surface area contributed by atoms with E-state index >= 15 is 0 Å². The minimum Gasteiger partial charge on any atom is -0.494 e. The van der Waals surface area contributed by atoms with Crippen LogP contribution in [0.15, 0.2) is 71.6 Å². The molecule has 3 aromatic rings. The minimum atomic E-state index is 0.0129. The summed E-state index contributed by atoms with van der Waals surface area (Å²) < 4.78 is 11.0. The molecular formula is C23H25N3O3S. The molecule has 3 rings (SSSR count). The molecule has 0 fully saturated rings. The fourth-order valence-electron chi connectivity index (χ4n) is 2.65. The van der Waals surface area contributed by atoms with Crippen LogP contribution in [0.5, 0.6) is 11.6 Å². The maximum Gasteiger partial charge on any atom is 0.233 e.